The Morgan fingerprint density at radius 2 is 1.91 bits per heavy atom. The maximum absolute atomic E-state index is 12.3. The molecule has 22 heavy (non-hydrogen) atoms. The van der Waals surface area contributed by atoms with E-state index < -0.39 is 0 Å². The van der Waals surface area contributed by atoms with Gasteiger partial charge in [-0.2, -0.15) is 0 Å². The number of amides is 1. The number of piperidine rings is 1. The summed E-state index contributed by atoms with van der Waals surface area (Å²) in [7, 11) is 0. The van der Waals surface area contributed by atoms with E-state index in [1.54, 1.807) is 0 Å². The molecule has 2 saturated heterocycles. The highest BCUT2D eigenvalue weighted by molar-refractivity contribution is 8.19. The Morgan fingerprint density at radius 1 is 1.23 bits per heavy atom. The van der Waals surface area contributed by atoms with Crippen molar-refractivity contribution in [2.45, 2.75) is 36.4 Å². The minimum Gasteiger partial charge on any atom is -0.348 e. The molecule has 1 aromatic rings. The second-order valence-corrected chi connectivity index (χ2v) is 8.38. The Bertz CT molecular complexity index is 491. The summed E-state index contributed by atoms with van der Waals surface area (Å²) in [6.45, 7) is 3.20. The number of carbonyl (C=O) groups is 1. The fourth-order valence-corrected chi connectivity index (χ4v) is 5.69. The summed E-state index contributed by atoms with van der Waals surface area (Å²) in [4.78, 5) is 12.3. The van der Waals surface area contributed by atoms with Gasteiger partial charge in [0.2, 0.25) is 0 Å². The van der Waals surface area contributed by atoms with Gasteiger partial charge in [0.25, 0.3) is 5.91 Å². The van der Waals surface area contributed by atoms with Crippen LogP contribution in [0.4, 0.5) is 0 Å². The molecule has 2 heterocycles. The second-order valence-electron chi connectivity index (χ2n) is 5.66. The average Bonchev–Trinajstić information content (AvgIpc) is 3.04. The minimum atomic E-state index is 0. The molecular formula is C16H23ClN2OS2. The first-order chi connectivity index (χ1) is 10.2. The van der Waals surface area contributed by atoms with Gasteiger partial charge in [0, 0.05) is 29.2 Å². The van der Waals surface area contributed by atoms with Crippen molar-refractivity contribution in [3.63, 3.8) is 0 Å². The van der Waals surface area contributed by atoms with Crippen LogP contribution in [0.2, 0.25) is 0 Å². The van der Waals surface area contributed by atoms with E-state index >= 15 is 0 Å². The zero-order chi connectivity index (χ0) is 14.7. The van der Waals surface area contributed by atoms with Gasteiger partial charge in [-0.3, -0.25) is 4.79 Å². The number of carbonyl (C=O) groups excluding carboxylic acids is 1. The molecule has 2 aliphatic heterocycles. The molecule has 0 aliphatic carbocycles. The summed E-state index contributed by atoms with van der Waals surface area (Å²) in [6.07, 6.45) is 2.19. The Balaban J connectivity index is 0.00000176. The summed E-state index contributed by atoms with van der Waals surface area (Å²) >= 11 is 3.99. The predicted octanol–water partition coefficient (Wildman–Crippen LogP) is 3.46. The monoisotopic (exact) mass is 358 g/mol. The van der Waals surface area contributed by atoms with Crippen molar-refractivity contribution >= 4 is 41.8 Å². The van der Waals surface area contributed by atoms with E-state index in [9.17, 15) is 4.79 Å². The molecule has 0 bridgehead atoms. The zero-order valence-corrected chi connectivity index (χ0v) is 15.2. The Labute approximate surface area is 147 Å². The largest absolute Gasteiger partial charge is 0.348 e. The van der Waals surface area contributed by atoms with Gasteiger partial charge in [-0.15, -0.1) is 35.9 Å². The topological polar surface area (TPSA) is 41.1 Å². The molecule has 1 amide bonds. The summed E-state index contributed by atoms with van der Waals surface area (Å²) in [6, 6.07) is 8.73. The van der Waals surface area contributed by atoms with E-state index in [1.165, 1.54) is 17.1 Å². The van der Waals surface area contributed by atoms with Crippen LogP contribution in [0.25, 0.3) is 0 Å². The van der Waals surface area contributed by atoms with Gasteiger partial charge in [0.1, 0.15) is 0 Å². The number of hydrogen-bond acceptors (Lipinski definition) is 4. The molecule has 2 N–H and O–H groups in total. The molecule has 3 nitrogen and oxygen atoms in total. The lowest BCUT2D eigenvalue weighted by Gasteiger charge is -2.30. The molecule has 6 heteroatoms. The van der Waals surface area contributed by atoms with E-state index in [-0.39, 0.29) is 24.4 Å². The number of hydrogen-bond donors (Lipinski definition) is 2. The van der Waals surface area contributed by atoms with Crippen molar-refractivity contribution in [3.05, 3.63) is 35.4 Å². The summed E-state index contributed by atoms with van der Waals surface area (Å²) in [5, 5.41) is 6.58. The summed E-state index contributed by atoms with van der Waals surface area (Å²) < 4.78 is 0.546. The zero-order valence-electron chi connectivity index (χ0n) is 12.7. The Kier molecular flexibility index (Phi) is 6.93. The lowest BCUT2D eigenvalue weighted by atomic mass is 9.99. The van der Waals surface area contributed by atoms with Crippen molar-refractivity contribution in [1.82, 2.24) is 10.6 Å². The molecule has 2 unspecified atom stereocenters. The number of thioether (sulfide) groups is 2. The smallest absolute Gasteiger partial charge is 0.251 e. The van der Waals surface area contributed by atoms with Crippen LogP contribution in [0.3, 0.4) is 0 Å². The normalized spacial score (nSPS) is 25.5. The SMILES string of the molecule is CC1NCCCC1NC(=O)c1ccc(C2SCCS2)cc1.Cl. The standard InChI is InChI=1S/C16H22N2OS2.ClH/c1-11-14(3-2-8-17-11)18-15(19)12-4-6-13(7-5-12)16-20-9-10-21-16;/h4-7,11,14,16-17H,2-3,8-10H2,1H3,(H,18,19);1H. The van der Waals surface area contributed by atoms with Gasteiger partial charge in [0.15, 0.2) is 0 Å². The van der Waals surface area contributed by atoms with Crippen molar-refractivity contribution in [3.8, 4) is 0 Å². The van der Waals surface area contributed by atoms with E-state index in [4.69, 9.17) is 0 Å². The van der Waals surface area contributed by atoms with Gasteiger partial charge in [-0.05, 0) is 44.0 Å². The molecule has 0 radical (unpaired) electrons. The molecule has 1 aromatic carbocycles. The van der Waals surface area contributed by atoms with E-state index in [2.05, 4.69) is 29.7 Å². The van der Waals surface area contributed by atoms with Gasteiger partial charge in [-0.1, -0.05) is 12.1 Å². The van der Waals surface area contributed by atoms with Crippen LogP contribution in [0, 0.1) is 0 Å². The molecule has 0 saturated carbocycles. The van der Waals surface area contributed by atoms with Crippen LogP contribution < -0.4 is 10.6 Å². The van der Waals surface area contributed by atoms with Gasteiger partial charge in [-0.25, -0.2) is 0 Å². The average molecular weight is 359 g/mol. The maximum Gasteiger partial charge on any atom is 0.251 e. The Hall–Kier alpha value is -0.360. The number of rotatable bonds is 3. The molecule has 3 rings (SSSR count). The highest BCUT2D eigenvalue weighted by atomic mass is 35.5. The van der Waals surface area contributed by atoms with Crippen LogP contribution in [0.15, 0.2) is 24.3 Å². The number of benzene rings is 1. The first-order valence-electron chi connectivity index (χ1n) is 7.61. The quantitative estimate of drug-likeness (QED) is 0.868. The van der Waals surface area contributed by atoms with Crippen LogP contribution in [-0.4, -0.2) is 36.0 Å². The second kappa shape index (κ2) is 8.48. The van der Waals surface area contributed by atoms with Crippen LogP contribution in [0.1, 0.15) is 40.3 Å². The molecule has 122 valence electrons. The van der Waals surface area contributed by atoms with Crippen molar-refractivity contribution < 1.29 is 4.79 Å². The molecular weight excluding hydrogens is 336 g/mol. The highest BCUT2D eigenvalue weighted by Gasteiger charge is 2.23. The molecule has 2 fully saturated rings. The van der Waals surface area contributed by atoms with Gasteiger partial charge in [0.05, 0.1) is 4.58 Å². The lowest BCUT2D eigenvalue weighted by Crippen LogP contribution is -2.51. The number of nitrogens with one attached hydrogen (secondary N) is 2. The first kappa shape index (κ1) is 18.0. The first-order valence-corrected chi connectivity index (χ1v) is 9.71. The highest BCUT2D eigenvalue weighted by Crippen LogP contribution is 2.45. The fraction of sp³-hybridized carbons (Fsp3) is 0.562. The van der Waals surface area contributed by atoms with Crippen molar-refractivity contribution in [1.29, 1.82) is 0 Å². The van der Waals surface area contributed by atoms with Crippen molar-refractivity contribution in [2.24, 2.45) is 0 Å². The number of halogens is 1. The van der Waals surface area contributed by atoms with Crippen molar-refractivity contribution in [2.75, 3.05) is 18.1 Å². The molecule has 0 aromatic heterocycles. The van der Waals surface area contributed by atoms with E-state index in [1.807, 2.05) is 35.7 Å². The fourth-order valence-electron chi connectivity index (χ4n) is 2.84. The van der Waals surface area contributed by atoms with E-state index in [0.29, 0.717) is 10.6 Å². The summed E-state index contributed by atoms with van der Waals surface area (Å²) in [5.41, 5.74) is 2.09. The third-order valence-corrected chi connectivity index (χ3v) is 7.25. The molecule has 2 aliphatic rings. The minimum absolute atomic E-state index is 0. The van der Waals surface area contributed by atoms with Crippen LogP contribution in [-0.2, 0) is 0 Å². The predicted molar refractivity (Wildman–Crippen MR) is 99.3 cm³/mol. The van der Waals surface area contributed by atoms with E-state index in [0.717, 1.165) is 24.9 Å². The third kappa shape index (κ3) is 4.34. The molecule has 2 atom stereocenters. The Morgan fingerprint density at radius 3 is 2.55 bits per heavy atom. The van der Waals surface area contributed by atoms with Crippen LogP contribution in [0.5, 0.6) is 0 Å². The maximum atomic E-state index is 12.3. The third-order valence-electron chi connectivity index (χ3n) is 4.15. The van der Waals surface area contributed by atoms with Gasteiger partial charge >= 0.3 is 0 Å². The molecule has 0 spiro atoms. The van der Waals surface area contributed by atoms with Gasteiger partial charge < -0.3 is 10.6 Å². The van der Waals surface area contributed by atoms with Crippen LogP contribution >= 0.6 is 35.9 Å². The summed E-state index contributed by atoms with van der Waals surface area (Å²) in [5.74, 6) is 2.50. The lowest BCUT2D eigenvalue weighted by molar-refractivity contribution is 0.0920.